The Morgan fingerprint density at radius 2 is 1.21 bits per heavy atom. The zero-order chi connectivity index (χ0) is 54.2. The van der Waals surface area contributed by atoms with Gasteiger partial charge in [-0.3, -0.25) is 43.2 Å². The molecule has 1 heterocycles. The minimum atomic E-state index is -1.16. The molecular weight excluding hydrogens is 955 g/mol. The molecule has 2 aliphatic rings. The van der Waals surface area contributed by atoms with Gasteiger partial charge in [-0.2, -0.15) is 0 Å². The van der Waals surface area contributed by atoms with E-state index in [-0.39, 0.29) is 55.7 Å². The highest BCUT2D eigenvalue weighted by molar-refractivity contribution is 6.30. The first-order chi connectivity index (χ1) is 36.0. The number of anilines is 1. The number of hydrogen-bond acceptors (Lipinski definition) is 11. The summed E-state index contributed by atoms with van der Waals surface area (Å²) in [7, 11) is 0. The number of nitrogens with one attached hydrogen (secondary N) is 7. The predicted molar refractivity (Wildman–Crippen MR) is 284 cm³/mol. The summed E-state index contributed by atoms with van der Waals surface area (Å²) < 4.78 is 0. The highest BCUT2D eigenvalue weighted by Gasteiger charge is 2.39. The van der Waals surface area contributed by atoms with Crippen LogP contribution in [-0.4, -0.2) is 120 Å². The van der Waals surface area contributed by atoms with Gasteiger partial charge in [0.05, 0.1) is 18.2 Å². The van der Waals surface area contributed by atoms with Crippen LogP contribution in [0.4, 0.5) is 5.69 Å². The molecule has 7 atom stereocenters. The third kappa shape index (κ3) is 15.2. The Morgan fingerprint density at radius 1 is 0.627 bits per heavy atom. The van der Waals surface area contributed by atoms with Gasteiger partial charge in [0.25, 0.3) is 0 Å². The fraction of sp³-hybridized carbons (Fsp3) is 0.421. The molecule has 1 aliphatic heterocycles. The summed E-state index contributed by atoms with van der Waals surface area (Å²) >= 11 is 0. The van der Waals surface area contributed by atoms with Gasteiger partial charge in [0.2, 0.25) is 41.4 Å². The molecule has 398 valence electrons. The Balaban J connectivity index is 1.07. The molecule has 4 aromatic rings. The zero-order valence-corrected chi connectivity index (χ0v) is 43.4. The molecule has 1 saturated heterocycles. The number of nitrogens with zero attached hydrogens (tertiary/aromatic N) is 1. The van der Waals surface area contributed by atoms with Gasteiger partial charge in [-0.25, -0.2) is 0 Å². The molecule has 18 nitrogen and oxygen atoms in total. The Labute approximate surface area is 438 Å². The van der Waals surface area contributed by atoms with E-state index in [2.05, 4.69) is 37.2 Å². The topological polar surface area (TPSA) is 267 Å². The second-order valence-electron chi connectivity index (χ2n) is 19.8. The average molecular weight is 1030 g/mol. The van der Waals surface area contributed by atoms with Crippen LogP contribution >= 0.6 is 0 Å². The quantitative estimate of drug-likeness (QED) is 0.0393. The van der Waals surface area contributed by atoms with E-state index in [0.29, 0.717) is 60.2 Å². The highest BCUT2D eigenvalue weighted by Crippen LogP contribution is 2.32. The minimum Gasteiger partial charge on any atom is -0.384 e. The van der Waals surface area contributed by atoms with Crippen molar-refractivity contribution in [2.75, 3.05) is 31.5 Å². The Morgan fingerprint density at radius 3 is 1.84 bits per heavy atom. The van der Waals surface area contributed by atoms with Gasteiger partial charge in [-0.15, -0.1) is 0 Å². The SMILES string of the molecule is CCC(C)[C@H](NC(=O)[C@H](Cc1ccccc1)NC(=O)[C@H](CC(C)C)NC(=O)[C@@H](C)N)C(=O)NCC(=O)N[C@@H](Cc1ccccc1)C(=O)N1CCC[C@@H]1C(=O)NCCCNc1cccc2c1C(=O)c1ccccc1C2=O. The number of likely N-dealkylation sites (tertiary alicyclic amines) is 1. The van der Waals surface area contributed by atoms with E-state index < -0.39 is 84.2 Å². The molecule has 0 spiro atoms. The second-order valence-corrected chi connectivity index (χ2v) is 19.8. The molecule has 4 aromatic carbocycles. The van der Waals surface area contributed by atoms with E-state index in [4.69, 9.17) is 5.73 Å². The number of ketones is 2. The molecule has 18 heteroatoms. The van der Waals surface area contributed by atoms with Crippen LogP contribution in [0.25, 0.3) is 0 Å². The molecule has 1 unspecified atom stereocenters. The number of amides is 7. The average Bonchev–Trinajstić information content (AvgIpc) is 3.90. The van der Waals surface area contributed by atoms with Crippen molar-refractivity contribution in [3.05, 3.63) is 137 Å². The van der Waals surface area contributed by atoms with Crippen molar-refractivity contribution in [1.29, 1.82) is 0 Å². The van der Waals surface area contributed by atoms with Crippen LogP contribution in [0.5, 0.6) is 0 Å². The van der Waals surface area contributed by atoms with Gasteiger partial charge >= 0.3 is 0 Å². The molecule has 1 fully saturated rings. The summed E-state index contributed by atoms with van der Waals surface area (Å²) in [5, 5.41) is 19.9. The third-order valence-electron chi connectivity index (χ3n) is 13.6. The number of nitrogens with two attached hydrogens (primary N) is 1. The van der Waals surface area contributed by atoms with E-state index >= 15 is 0 Å². The minimum absolute atomic E-state index is 0.00580. The number of carbonyl (C=O) groups excluding carboxylic acids is 9. The number of fused-ring (bicyclic) bond motifs is 2. The lowest BCUT2D eigenvalue weighted by Gasteiger charge is -2.29. The third-order valence-corrected chi connectivity index (χ3v) is 13.6. The summed E-state index contributed by atoms with van der Waals surface area (Å²) in [5.41, 5.74) is 9.17. The molecule has 9 N–H and O–H groups in total. The Bertz CT molecular complexity index is 2700. The van der Waals surface area contributed by atoms with Crippen molar-refractivity contribution in [2.45, 2.75) is 116 Å². The number of rotatable bonds is 25. The lowest BCUT2D eigenvalue weighted by molar-refractivity contribution is -0.141. The van der Waals surface area contributed by atoms with Crippen molar-refractivity contribution in [2.24, 2.45) is 17.6 Å². The summed E-state index contributed by atoms with van der Waals surface area (Å²) in [6.07, 6.45) is 2.35. The molecule has 75 heavy (non-hydrogen) atoms. The maximum Gasteiger partial charge on any atom is 0.246 e. The smallest absolute Gasteiger partial charge is 0.246 e. The van der Waals surface area contributed by atoms with Gasteiger partial charge in [-0.1, -0.05) is 131 Å². The van der Waals surface area contributed by atoms with E-state index in [1.165, 1.54) is 11.8 Å². The normalized spacial score (nSPS) is 16.2. The number of carbonyl (C=O) groups is 9. The maximum atomic E-state index is 14.4. The van der Waals surface area contributed by atoms with Gasteiger partial charge in [0, 0.05) is 54.9 Å². The van der Waals surface area contributed by atoms with Crippen molar-refractivity contribution in [3.63, 3.8) is 0 Å². The van der Waals surface area contributed by atoms with Crippen molar-refractivity contribution < 1.29 is 43.2 Å². The molecule has 0 aromatic heterocycles. The van der Waals surface area contributed by atoms with Crippen LogP contribution in [0, 0.1) is 11.8 Å². The summed E-state index contributed by atoms with van der Waals surface area (Å²) in [4.78, 5) is 124. The molecule has 6 rings (SSSR count). The first-order valence-electron chi connectivity index (χ1n) is 25.9. The van der Waals surface area contributed by atoms with Crippen molar-refractivity contribution in [1.82, 2.24) is 36.8 Å². The molecule has 7 amide bonds. The first-order valence-corrected chi connectivity index (χ1v) is 25.9. The Kier molecular flexibility index (Phi) is 20.4. The predicted octanol–water partition coefficient (Wildman–Crippen LogP) is 3.35. The lowest BCUT2D eigenvalue weighted by atomic mass is 9.83. The highest BCUT2D eigenvalue weighted by atomic mass is 16.2. The number of benzene rings is 4. The van der Waals surface area contributed by atoms with Gasteiger partial charge in [0.15, 0.2) is 11.6 Å². The van der Waals surface area contributed by atoms with E-state index in [1.807, 2.05) is 57.2 Å². The Hall–Kier alpha value is -7.73. The molecule has 0 saturated carbocycles. The second kappa shape index (κ2) is 27.0. The zero-order valence-electron chi connectivity index (χ0n) is 43.4. The monoisotopic (exact) mass is 1030 g/mol. The van der Waals surface area contributed by atoms with Crippen LogP contribution in [0.2, 0.25) is 0 Å². The summed E-state index contributed by atoms with van der Waals surface area (Å²) in [6, 6.07) is 23.9. The maximum absolute atomic E-state index is 14.4. The van der Waals surface area contributed by atoms with E-state index in [9.17, 15) is 43.2 Å². The van der Waals surface area contributed by atoms with Gasteiger partial charge in [0.1, 0.15) is 30.2 Å². The standard InChI is InChI=1S/C57H71N9O9/c1-6-35(4)49(65-54(72)44(31-37-18-9-7-10-19-37)64-53(71)43(30-34(2)3)63-52(70)36(5)58)56(74)61-33-47(67)62-45(32-38-20-11-8-12-21-38)57(75)66-29-16-26-46(66)55(73)60-28-17-27-59-42-25-15-24-41-48(42)51(69)40-23-14-13-22-39(40)50(41)68/h7-15,18-25,34-36,43-46,49,59H,6,16-17,26-33,58H2,1-5H3,(H,60,73)(H,61,74)(H,62,67)(H,63,70)(H,64,71)(H,65,72)/t35?,36-,43+,44+,45+,46-,49+/m1/s1. The van der Waals surface area contributed by atoms with Gasteiger partial charge < -0.3 is 47.9 Å². The fourth-order valence-electron chi connectivity index (χ4n) is 9.30. The van der Waals surface area contributed by atoms with Crippen LogP contribution in [0.3, 0.4) is 0 Å². The van der Waals surface area contributed by atoms with E-state index in [0.717, 1.165) is 11.1 Å². The van der Waals surface area contributed by atoms with Crippen LogP contribution in [0.1, 0.15) is 110 Å². The van der Waals surface area contributed by atoms with Crippen molar-refractivity contribution in [3.8, 4) is 0 Å². The fourth-order valence-corrected chi connectivity index (χ4v) is 9.30. The lowest BCUT2D eigenvalue weighted by Crippen LogP contribution is -2.59. The molecule has 1 aliphatic carbocycles. The number of hydrogen-bond donors (Lipinski definition) is 8. The van der Waals surface area contributed by atoms with Crippen molar-refractivity contribution >= 4 is 58.6 Å². The molecule has 0 bridgehead atoms. The first kappa shape index (κ1) is 56.6. The summed E-state index contributed by atoms with van der Waals surface area (Å²) in [5.74, 6) is -4.77. The van der Waals surface area contributed by atoms with Crippen LogP contribution < -0.4 is 43.0 Å². The molecule has 0 radical (unpaired) electrons. The van der Waals surface area contributed by atoms with Gasteiger partial charge in [-0.05, 0) is 61.6 Å². The van der Waals surface area contributed by atoms with Crippen LogP contribution in [-0.2, 0) is 46.4 Å². The largest absolute Gasteiger partial charge is 0.384 e. The summed E-state index contributed by atoms with van der Waals surface area (Å²) in [6.45, 7) is 9.29. The van der Waals surface area contributed by atoms with E-state index in [1.54, 1.807) is 73.7 Å². The van der Waals surface area contributed by atoms with Crippen LogP contribution in [0.15, 0.2) is 103 Å². The molecular formula is C57H71N9O9.